The van der Waals surface area contributed by atoms with Gasteiger partial charge in [-0.25, -0.2) is 8.42 Å². The molecular weight excluding hydrogens is 655 g/mol. The average molecular weight is 710 g/mol. The Hall–Kier alpha value is -2.57. The summed E-state index contributed by atoms with van der Waals surface area (Å²) in [7, 11) is -5.13. The molecule has 268 valence electrons. The molecule has 1 aromatic heterocycles. The lowest BCUT2D eigenvalue weighted by atomic mass is 9.99. The van der Waals surface area contributed by atoms with Crippen LogP contribution in [0.4, 0.5) is 5.69 Å². The number of nitrogens with zero attached hydrogens (tertiary/aromatic N) is 5. The highest BCUT2D eigenvalue weighted by molar-refractivity contribution is 7.91. The summed E-state index contributed by atoms with van der Waals surface area (Å²) in [4.78, 5) is 15.9. The van der Waals surface area contributed by atoms with Crippen LogP contribution in [-0.2, 0) is 20.6 Å². The Labute approximate surface area is 296 Å². The quantitative estimate of drug-likeness (QED) is 0.249. The topological polar surface area (TPSA) is 86.3 Å². The molecule has 2 atom stereocenters. The first-order chi connectivity index (χ1) is 23.5. The van der Waals surface area contributed by atoms with Crippen LogP contribution in [0.15, 0.2) is 63.3 Å². The van der Waals surface area contributed by atoms with E-state index >= 15 is 0 Å². The molecule has 3 saturated heterocycles. The fourth-order valence-corrected chi connectivity index (χ4v) is 10.1. The van der Waals surface area contributed by atoms with Crippen molar-refractivity contribution in [3.8, 4) is 5.75 Å². The molecule has 0 radical (unpaired) electrons. The molecule has 3 fully saturated rings. The molecule has 3 aliphatic rings. The summed E-state index contributed by atoms with van der Waals surface area (Å²) < 4.78 is 47.3. The number of piperazine rings is 1. The normalized spacial score (nSPS) is 21.0. The first kappa shape index (κ1) is 36.2. The fraction of sp³-hybridized carbons (Fsp3) is 0.605. The number of ether oxygens (including phenoxy) is 1. The van der Waals surface area contributed by atoms with Crippen molar-refractivity contribution < 1.29 is 17.4 Å². The van der Waals surface area contributed by atoms with Crippen molar-refractivity contribution >= 4 is 37.2 Å². The lowest BCUT2D eigenvalue weighted by molar-refractivity contribution is 0.0384. The van der Waals surface area contributed by atoms with Crippen LogP contribution in [0.3, 0.4) is 0 Å². The number of pyridine rings is 1. The van der Waals surface area contributed by atoms with E-state index in [0.717, 1.165) is 70.5 Å². The average Bonchev–Trinajstić information content (AvgIpc) is 3.11. The van der Waals surface area contributed by atoms with Crippen molar-refractivity contribution in [2.45, 2.75) is 92.7 Å². The minimum absolute atomic E-state index is 0.0350. The van der Waals surface area contributed by atoms with Gasteiger partial charge in [0.05, 0.1) is 22.2 Å². The maximum Gasteiger partial charge on any atom is 0.210 e. The van der Waals surface area contributed by atoms with Crippen molar-refractivity contribution in [1.82, 2.24) is 19.7 Å². The molecule has 6 rings (SSSR count). The molecule has 0 N–H and O–H groups in total. The minimum Gasteiger partial charge on any atom is -0.491 e. The minimum atomic E-state index is -3.92. The maximum atomic E-state index is 14.4. The zero-order valence-corrected chi connectivity index (χ0v) is 31.6. The summed E-state index contributed by atoms with van der Waals surface area (Å²) in [5.41, 5.74) is 1.37. The summed E-state index contributed by atoms with van der Waals surface area (Å²) in [5.74, 6) is 1.16. The van der Waals surface area contributed by atoms with E-state index in [9.17, 15) is 12.6 Å². The van der Waals surface area contributed by atoms with Gasteiger partial charge >= 0.3 is 0 Å². The highest BCUT2D eigenvalue weighted by Crippen LogP contribution is 2.39. The lowest BCUT2D eigenvalue weighted by Gasteiger charge is -2.46. The van der Waals surface area contributed by atoms with Gasteiger partial charge in [-0.05, 0) is 107 Å². The van der Waals surface area contributed by atoms with Crippen molar-refractivity contribution in [1.29, 1.82) is 0 Å². The molecule has 2 unspecified atom stereocenters. The monoisotopic (exact) mass is 709 g/mol. The zero-order chi connectivity index (χ0) is 34.7. The van der Waals surface area contributed by atoms with Crippen LogP contribution in [0.2, 0.25) is 0 Å². The number of hydrogen-bond acceptors (Lipinski definition) is 9. The number of aromatic nitrogens is 1. The predicted molar refractivity (Wildman–Crippen MR) is 199 cm³/mol. The van der Waals surface area contributed by atoms with Crippen LogP contribution in [-0.4, -0.2) is 116 Å². The van der Waals surface area contributed by atoms with Gasteiger partial charge in [-0.15, -0.1) is 0 Å². The van der Waals surface area contributed by atoms with Gasteiger partial charge in [0.2, 0.25) is 9.84 Å². The molecule has 11 heteroatoms. The Morgan fingerprint density at radius 3 is 2.00 bits per heavy atom. The third-order valence-corrected chi connectivity index (χ3v) is 13.5. The SMILES string of the molecule is CCN1CCC(N2CCN(C3CCN(c4c(S(=O)(=O)c5ccc(OC(C)CC(C)C)cc5)cnc5ccc(S(C)=O)cc45)CC3)CC2)CC1. The molecule has 49 heavy (non-hydrogen) atoms. The van der Waals surface area contributed by atoms with Crippen LogP contribution in [0.25, 0.3) is 10.9 Å². The molecule has 3 aliphatic heterocycles. The molecule has 0 amide bonds. The van der Waals surface area contributed by atoms with E-state index in [0.29, 0.717) is 39.9 Å². The molecule has 9 nitrogen and oxygen atoms in total. The molecule has 0 saturated carbocycles. The number of fused-ring (bicyclic) bond motifs is 1. The number of anilines is 1. The molecule has 0 bridgehead atoms. The second-order valence-corrected chi connectivity index (χ2v) is 17.9. The van der Waals surface area contributed by atoms with Gasteiger partial charge in [0.25, 0.3) is 0 Å². The van der Waals surface area contributed by atoms with E-state index in [2.05, 4.69) is 45.4 Å². The van der Waals surface area contributed by atoms with Gasteiger partial charge in [0.15, 0.2) is 0 Å². The van der Waals surface area contributed by atoms with Gasteiger partial charge in [-0.2, -0.15) is 0 Å². The first-order valence-electron chi connectivity index (χ1n) is 18.3. The number of rotatable bonds is 11. The van der Waals surface area contributed by atoms with Gasteiger partial charge in [0, 0.05) is 84.9 Å². The van der Waals surface area contributed by atoms with Crippen LogP contribution in [0, 0.1) is 5.92 Å². The summed E-state index contributed by atoms with van der Waals surface area (Å²) >= 11 is 0. The maximum absolute atomic E-state index is 14.4. The fourth-order valence-electron chi connectivity index (χ4n) is 8.13. The zero-order valence-electron chi connectivity index (χ0n) is 30.0. The van der Waals surface area contributed by atoms with E-state index < -0.39 is 20.6 Å². The third kappa shape index (κ3) is 8.33. The van der Waals surface area contributed by atoms with E-state index in [1.54, 1.807) is 30.5 Å². The smallest absolute Gasteiger partial charge is 0.210 e. The van der Waals surface area contributed by atoms with Crippen molar-refractivity contribution in [3.05, 3.63) is 48.7 Å². The Morgan fingerprint density at radius 2 is 1.45 bits per heavy atom. The van der Waals surface area contributed by atoms with Gasteiger partial charge in [-0.1, -0.05) is 20.8 Å². The predicted octanol–water partition coefficient (Wildman–Crippen LogP) is 5.69. The highest BCUT2D eigenvalue weighted by Gasteiger charge is 2.34. The van der Waals surface area contributed by atoms with Crippen molar-refractivity contribution in [2.24, 2.45) is 5.92 Å². The molecule has 4 heterocycles. The number of hydrogen-bond donors (Lipinski definition) is 0. The second kappa shape index (κ2) is 15.8. The third-order valence-electron chi connectivity index (χ3n) is 10.8. The largest absolute Gasteiger partial charge is 0.491 e. The van der Waals surface area contributed by atoms with E-state index in [-0.39, 0.29) is 15.9 Å². The van der Waals surface area contributed by atoms with Crippen molar-refractivity contribution in [2.75, 3.05) is 70.1 Å². The first-order valence-corrected chi connectivity index (χ1v) is 21.3. The van der Waals surface area contributed by atoms with Crippen LogP contribution in [0.1, 0.15) is 59.8 Å². The second-order valence-electron chi connectivity index (χ2n) is 14.6. The van der Waals surface area contributed by atoms with Crippen LogP contribution < -0.4 is 9.64 Å². The van der Waals surface area contributed by atoms with Gasteiger partial charge in [0.1, 0.15) is 10.6 Å². The number of sulfone groups is 1. The Balaban J connectivity index is 1.20. The van der Waals surface area contributed by atoms with Crippen LogP contribution in [0.5, 0.6) is 5.75 Å². The van der Waals surface area contributed by atoms with Gasteiger partial charge in [-0.3, -0.25) is 19.0 Å². The van der Waals surface area contributed by atoms with E-state index in [4.69, 9.17) is 4.74 Å². The Bertz CT molecular complexity index is 1690. The van der Waals surface area contributed by atoms with E-state index in [1.165, 1.54) is 32.1 Å². The molecule has 2 aromatic carbocycles. The summed E-state index contributed by atoms with van der Waals surface area (Å²) in [6.07, 6.45) is 8.62. The molecule has 3 aromatic rings. The van der Waals surface area contributed by atoms with Crippen LogP contribution >= 0.6 is 0 Å². The van der Waals surface area contributed by atoms with Gasteiger partial charge < -0.3 is 14.5 Å². The molecule has 0 aliphatic carbocycles. The Morgan fingerprint density at radius 1 is 0.857 bits per heavy atom. The number of benzene rings is 2. The molecule has 0 spiro atoms. The summed E-state index contributed by atoms with van der Waals surface area (Å²) in [6.45, 7) is 18.2. The Kier molecular flexibility index (Phi) is 11.7. The van der Waals surface area contributed by atoms with Crippen molar-refractivity contribution in [3.63, 3.8) is 0 Å². The summed E-state index contributed by atoms with van der Waals surface area (Å²) in [6, 6.07) is 13.5. The lowest BCUT2D eigenvalue weighted by Crippen LogP contribution is -2.56. The number of piperidine rings is 2. The summed E-state index contributed by atoms with van der Waals surface area (Å²) in [5, 5.41) is 0.734. The molecular formula is C38H55N5O4S2. The standard InChI is InChI=1S/C38H55N5O4S2/c1-6-40-17-13-30(14-18-40)41-21-23-42(24-22-41)31-15-19-43(20-16-31)38-35-26-33(48(5)44)9-12-36(35)39-27-37(38)49(45,46)34-10-7-32(8-11-34)47-29(4)25-28(2)3/h7-12,26-31H,6,13-25H2,1-5H3. The van der Waals surface area contributed by atoms with E-state index in [1.807, 2.05) is 25.1 Å². The highest BCUT2D eigenvalue weighted by atomic mass is 32.2. The number of likely N-dealkylation sites (tertiary alicyclic amines) is 1.